The fraction of sp³-hybridized carbons (Fsp3) is 0.350. The van der Waals surface area contributed by atoms with Crippen molar-refractivity contribution in [2.24, 2.45) is 0 Å². The molecule has 0 radical (unpaired) electrons. The van der Waals surface area contributed by atoms with Gasteiger partial charge >= 0.3 is 0 Å². The largest absolute Gasteiger partial charge is 0.497 e. The summed E-state index contributed by atoms with van der Waals surface area (Å²) in [4.78, 5) is 12.4. The van der Waals surface area contributed by atoms with Gasteiger partial charge in [-0.2, -0.15) is 0 Å². The fourth-order valence-electron chi connectivity index (χ4n) is 2.54. The first-order valence-electron chi connectivity index (χ1n) is 8.19. The van der Waals surface area contributed by atoms with Crippen LogP contribution in [-0.4, -0.2) is 19.1 Å². The molecule has 4 nitrogen and oxygen atoms in total. The van der Waals surface area contributed by atoms with Gasteiger partial charge in [-0.15, -0.1) is 0 Å². The summed E-state index contributed by atoms with van der Waals surface area (Å²) in [7, 11) is 1.62. The molecule has 2 rings (SSSR count). The van der Waals surface area contributed by atoms with Crippen LogP contribution >= 0.6 is 11.6 Å². The third kappa shape index (κ3) is 4.89. The van der Waals surface area contributed by atoms with Gasteiger partial charge in [0.25, 0.3) is 5.91 Å². The topological polar surface area (TPSA) is 47.6 Å². The van der Waals surface area contributed by atoms with E-state index in [0.717, 1.165) is 27.5 Å². The average Bonchev–Trinajstić information content (AvgIpc) is 2.59. The average molecular weight is 362 g/mol. The van der Waals surface area contributed by atoms with E-state index in [0.29, 0.717) is 5.75 Å². The molecule has 0 saturated heterocycles. The SMILES string of the molecule is COc1ccc([C@H](C)NC(=O)[C@@H](C)Oc2cc(C)c(Cl)c(C)c2)cc1. The standard InChI is InChI=1S/C20H24ClNO3/c1-12-10-18(11-13(2)19(12)21)25-15(4)20(23)22-14(3)16-6-8-17(24-5)9-7-16/h6-11,14-15H,1-5H3,(H,22,23)/t14-,15+/m0/s1. The van der Waals surface area contributed by atoms with E-state index in [1.165, 1.54) is 0 Å². The van der Waals surface area contributed by atoms with E-state index in [4.69, 9.17) is 21.1 Å². The van der Waals surface area contributed by atoms with Gasteiger partial charge in [0.1, 0.15) is 11.5 Å². The van der Waals surface area contributed by atoms with Crippen molar-refractivity contribution in [3.63, 3.8) is 0 Å². The van der Waals surface area contributed by atoms with Crippen LogP contribution in [0.25, 0.3) is 0 Å². The van der Waals surface area contributed by atoms with Gasteiger partial charge in [-0.25, -0.2) is 0 Å². The van der Waals surface area contributed by atoms with Gasteiger partial charge in [0.2, 0.25) is 0 Å². The van der Waals surface area contributed by atoms with Gasteiger partial charge in [0, 0.05) is 5.02 Å². The molecule has 2 aromatic carbocycles. The highest BCUT2D eigenvalue weighted by molar-refractivity contribution is 6.32. The molecule has 2 atom stereocenters. The molecule has 1 N–H and O–H groups in total. The van der Waals surface area contributed by atoms with Crippen molar-refractivity contribution in [2.75, 3.05) is 7.11 Å². The predicted octanol–water partition coefficient (Wildman–Crippen LogP) is 4.61. The van der Waals surface area contributed by atoms with Crippen molar-refractivity contribution >= 4 is 17.5 Å². The van der Waals surface area contributed by atoms with E-state index in [-0.39, 0.29) is 11.9 Å². The maximum Gasteiger partial charge on any atom is 0.261 e. The second-order valence-electron chi connectivity index (χ2n) is 6.13. The molecule has 0 saturated carbocycles. The lowest BCUT2D eigenvalue weighted by molar-refractivity contribution is -0.127. The number of carbonyl (C=O) groups excluding carboxylic acids is 1. The Balaban J connectivity index is 1.99. The first kappa shape index (κ1) is 19.1. The van der Waals surface area contributed by atoms with E-state index in [2.05, 4.69) is 5.32 Å². The summed E-state index contributed by atoms with van der Waals surface area (Å²) < 4.78 is 10.9. The Morgan fingerprint density at radius 1 is 1.04 bits per heavy atom. The summed E-state index contributed by atoms with van der Waals surface area (Å²) >= 11 is 6.16. The molecule has 5 heteroatoms. The van der Waals surface area contributed by atoms with Crippen LogP contribution in [0.5, 0.6) is 11.5 Å². The Morgan fingerprint density at radius 2 is 1.60 bits per heavy atom. The number of carbonyl (C=O) groups is 1. The maximum atomic E-state index is 12.4. The van der Waals surface area contributed by atoms with Crippen molar-refractivity contribution in [1.82, 2.24) is 5.32 Å². The third-order valence-corrected chi connectivity index (χ3v) is 4.66. The van der Waals surface area contributed by atoms with Crippen molar-refractivity contribution in [3.8, 4) is 11.5 Å². The van der Waals surface area contributed by atoms with E-state index >= 15 is 0 Å². The molecule has 25 heavy (non-hydrogen) atoms. The Labute approximate surface area is 154 Å². The van der Waals surface area contributed by atoms with Crippen LogP contribution in [0.3, 0.4) is 0 Å². The van der Waals surface area contributed by atoms with Crippen LogP contribution in [0.1, 0.15) is 36.6 Å². The first-order valence-corrected chi connectivity index (χ1v) is 8.57. The minimum atomic E-state index is -0.610. The molecule has 0 spiro atoms. The summed E-state index contributed by atoms with van der Waals surface area (Å²) in [5.41, 5.74) is 2.85. The number of nitrogens with one attached hydrogen (secondary N) is 1. The second-order valence-corrected chi connectivity index (χ2v) is 6.51. The molecule has 0 bridgehead atoms. The zero-order chi connectivity index (χ0) is 18.6. The molecule has 0 heterocycles. The smallest absolute Gasteiger partial charge is 0.261 e. The lowest BCUT2D eigenvalue weighted by Gasteiger charge is -2.20. The molecular weight excluding hydrogens is 338 g/mol. The molecule has 1 amide bonds. The molecule has 0 unspecified atom stereocenters. The molecule has 0 aliphatic carbocycles. The fourth-order valence-corrected chi connectivity index (χ4v) is 2.65. The number of benzene rings is 2. The van der Waals surface area contributed by atoms with Gasteiger partial charge in [-0.1, -0.05) is 23.7 Å². The van der Waals surface area contributed by atoms with E-state index in [1.807, 2.05) is 57.2 Å². The minimum Gasteiger partial charge on any atom is -0.497 e. The van der Waals surface area contributed by atoms with Crippen LogP contribution in [-0.2, 0) is 4.79 Å². The Morgan fingerprint density at radius 3 is 2.12 bits per heavy atom. The second kappa shape index (κ2) is 8.26. The van der Waals surface area contributed by atoms with Crippen molar-refractivity contribution in [3.05, 3.63) is 58.1 Å². The molecular formula is C20H24ClNO3. The van der Waals surface area contributed by atoms with Crippen molar-refractivity contribution < 1.29 is 14.3 Å². The molecule has 2 aromatic rings. The zero-order valence-electron chi connectivity index (χ0n) is 15.2. The monoisotopic (exact) mass is 361 g/mol. The summed E-state index contributed by atoms with van der Waals surface area (Å²) in [5, 5.41) is 3.68. The normalized spacial score (nSPS) is 13.0. The van der Waals surface area contributed by atoms with Gasteiger partial charge in [-0.05, 0) is 68.7 Å². The van der Waals surface area contributed by atoms with E-state index < -0.39 is 6.10 Å². The van der Waals surface area contributed by atoms with E-state index in [9.17, 15) is 4.79 Å². The Kier molecular flexibility index (Phi) is 6.32. The molecule has 0 fully saturated rings. The van der Waals surface area contributed by atoms with Crippen LogP contribution in [0.15, 0.2) is 36.4 Å². The summed E-state index contributed by atoms with van der Waals surface area (Å²) in [6.45, 7) is 7.50. The predicted molar refractivity (Wildman–Crippen MR) is 101 cm³/mol. The van der Waals surface area contributed by atoms with Gasteiger partial charge < -0.3 is 14.8 Å². The Hall–Kier alpha value is -2.20. The highest BCUT2D eigenvalue weighted by Crippen LogP contribution is 2.26. The molecule has 134 valence electrons. The zero-order valence-corrected chi connectivity index (χ0v) is 16.0. The number of rotatable bonds is 6. The highest BCUT2D eigenvalue weighted by atomic mass is 35.5. The maximum absolute atomic E-state index is 12.4. The van der Waals surface area contributed by atoms with Crippen LogP contribution < -0.4 is 14.8 Å². The molecule has 0 aromatic heterocycles. The van der Waals surface area contributed by atoms with Crippen LogP contribution in [0.2, 0.25) is 5.02 Å². The lowest BCUT2D eigenvalue weighted by Crippen LogP contribution is -2.37. The highest BCUT2D eigenvalue weighted by Gasteiger charge is 2.18. The van der Waals surface area contributed by atoms with Gasteiger partial charge in [-0.3, -0.25) is 4.79 Å². The lowest BCUT2D eigenvalue weighted by atomic mass is 10.1. The number of aryl methyl sites for hydroxylation is 2. The summed E-state index contributed by atoms with van der Waals surface area (Å²) in [5.74, 6) is 1.25. The van der Waals surface area contributed by atoms with Gasteiger partial charge in [0.15, 0.2) is 6.10 Å². The number of methoxy groups -OCH3 is 1. The number of hydrogen-bond donors (Lipinski definition) is 1. The van der Waals surface area contributed by atoms with Gasteiger partial charge in [0.05, 0.1) is 13.2 Å². The number of hydrogen-bond acceptors (Lipinski definition) is 3. The minimum absolute atomic E-state index is 0.127. The van der Waals surface area contributed by atoms with Crippen LogP contribution in [0, 0.1) is 13.8 Å². The van der Waals surface area contributed by atoms with Crippen LogP contribution in [0.4, 0.5) is 0 Å². The van der Waals surface area contributed by atoms with E-state index in [1.54, 1.807) is 14.0 Å². The van der Waals surface area contributed by atoms with Crippen molar-refractivity contribution in [1.29, 1.82) is 0 Å². The summed E-state index contributed by atoms with van der Waals surface area (Å²) in [6, 6.07) is 11.2. The number of ether oxygens (including phenoxy) is 2. The molecule has 0 aliphatic heterocycles. The number of halogens is 1. The molecule has 0 aliphatic rings. The third-order valence-electron chi connectivity index (χ3n) is 4.07. The van der Waals surface area contributed by atoms with Crippen molar-refractivity contribution in [2.45, 2.75) is 39.8 Å². The quantitative estimate of drug-likeness (QED) is 0.817. The summed E-state index contributed by atoms with van der Waals surface area (Å²) in [6.07, 6.45) is -0.610. The Bertz CT molecular complexity index is 720. The first-order chi connectivity index (χ1) is 11.8. The number of amides is 1.